The summed E-state index contributed by atoms with van der Waals surface area (Å²) < 4.78 is 5.16. The SMILES string of the molecule is C=C(C)[C@@H]1CC[C@]2(C(=O)NCCc3cccc(C(=O)NC(Cc4ccc(OCC(=O)O)cc4)C(=O)O)c3)CC[C@]3(C)C(CCC4[C@@]5(C)CC[C@H](O)C(C)(C)C5CC[C@]43C)C12. The summed E-state index contributed by atoms with van der Waals surface area (Å²) >= 11 is 0. The van der Waals surface area contributed by atoms with Gasteiger partial charge in [0.05, 0.1) is 11.5 Å². The largest absolute Gasteiger partial charge is 0.482 e. The standard InChI is InChI=1S/C50H68N2O8/c1-30(2)35-17-23-50(25-24-48(6)36(42(35)50)15-16-39-47(5)21-19-40(53)46(3,4)38(47)18-22-49(39,48)7)45(59)51-26-20-31-9-8-10-33(27-31)43(56)52-37(44(57)58)28-32-11-13-34(14-12-32)60-29-41(54)55/h8-14,27,35-40,42,53H,1,15-26,28-29H2,2-7H3,(H,51,59)(H,52,56)(H,54,55)(H,57,58)/t35-,36?,37?,38?,39?,40-,42?,47-,48+,49+,50-/m0/s1. The summed E-state index contributed by atoms with van der Waals surface area (Å²) in [6.45, 7) is 19.0. The molecular weight excluding hydrogens is 757 g/mol. The summed E-state index contributed by atoms with van der Waals surface area (Å²) in [5.74, 6) is -0.160. The molecule has 5 aliphatic carbocycles. The third-order valence-electron chi connectivity index (χ3n) is 17.7. The smallest absolute Gasteiger partial charge is 0.341 e. The van der Waals surface area contributed by atoms with Crippen molar-refractivity contribution >= 4 is 23.8 Å². The van der Waals surface area contributed by atoms with E-state index in [9.17, 15) is 29.4 Å². The predicted molar refractivity (Wildman–Crippen MR) is 230 cm³/mol. The third kappa shape index (κ3) is 7.47. The maximum atomic E-state index is 14.7. The van der Waals surface area contributed by atoms with Crippen LogP contribution in [-0.2, 0) is 27.2 Å². The molecule has 0 radical (unpaired) electrons. The van der Waals surface area contributed by atoms with Crippen LogP contribution in [0.25, 0.3) is 0 Å². The number of rotatable bonds is 13. The first kappa shape index (κ1) is 43.9. The van der Waals surface area contributed by atoms with Gasteiger partial charge >= 0.3 is 11.9 Å². The summed E-state index contributed by atoms with van der Waals surface area (Å²) in [5, 5.41) is 35.9. The van der Waals surface area contributed by atoms with Crippen LogP contribution in [-0.4, -0.2) is 64.4 Å². The number of carbonyl (C=O) groups excluding carboxylic acids is 2. The van der Waals surface area contributed by atoms with Crippen molar-refractivity contribution in [3.63, 3.8) is 0 Å². The van der Waals surface area contributed by atoms with Crippen LogP contribution in [0.4, 0.5) is 0 Å². The van der Waals surface area contributed by atoms with E-state index in [1.807, 2.05) is 6.07 Å². The molecule has 0 saturated heterocycles. The first-order valence-electron chi connectivity index (χ1n) is 22.4. The van der Waals surface area contributed by atoms with E-state index in [1.54, 1.807) is 42.5 Å². The molecule has 10 heteroatoms. The number of amides is 2. The third-order valence-corrected chi connectivity index (χ3v) is 17.7. The van der Waals surface area contributed by atoms with Gasteiger partial charge in [0.1, 0.15) is 11.8 Å². The van der Waals surface area contributed by atoms with E-state index in [-0.39, 0.29) is 46.0 Å². The van der Waals surface area contributed by atoms with Gasteiger partial charge in [0, 0.05) is 18.5 Å². The quantitative estimate of drug-likeness (QED) is 0.126. The number of ether oxygens (including phenoxy) is 1. The fraction of sp³-hybridized carbons (Fsp3) is 0.640. The topological polar surface area (TPSA) is 162 Å². The predicted octanol–water partition coefficient (Wildman–Crippen LogP) is 8.25. The zero-order chi connectivity index (χ0) is 43.4. The van der Waals surface area contributed by atoms with E-state index in [1.165, 1.54) is 18.4 Å². The highest BCUT2D eigenvalue weighted by molar-refractivity contribution is 5.96. The minimum Gasteiger partial charge on any atom is -0.482 e. The Morgan fingerprint density at radius 1 is 0.833 bits per heavy atom. The van der Waals surface area contributed by atoms with Crippen LogP contribution >= 0.6 is 0 Å². The highest BCUT2D eigenvalue weighted by Gasteiger charge is 2.71. The van der Waals surface area contributed by atoms with Crippen molar-refractivity contribution in [3.05, 3.63) is 77.4 Å². The molecule has 326 valence electrons. The lowest BCUT2D eigenvalue weighted by molar-refractivity contribution is -0.246. The summed E-state index contributed by atoms with van der Waals surface area (Å²) in [6, 6.07) is 12.4. The van der Waals surface area contributed by atoms with Gasteiger partial charge in [0.2, 0.25) is 5.91 Å². The van der Waals surface area contributed by atoms with E-state index in [0.29, 0.717) is 53.5 Å². The average Bonchev–Trinajstić information content (AvgIpc) is 3.61. The zero-order valence-corrected chi connectivity index (χ0v) is 36.6. The molecule has 5 unspecified atom stereocenters. The van der Waals surface area contributed by atoms with Crippen molar-refractivity contribution in [2.75, 3.05) is 13.2 Å². The number of nitrogens with one attached hydrogen (secondary N) is 2. The lowest BCUT2D eigenvalue weighted by Crippen LogP contribution is -2.67. The van der Waals surface area contributed by atoms with Gasteiger partial charge in [-0.1, -0.05) is 71.0 Å². The average molecular weight is 825 g/mol. The molecule has 0 aromatic heterocycles. The van der Waals surface area contributed by atoms with Gasteiger partial charge in [-0.15, -0.1) is 0 Å². The van der Waals surface area contributed by atoms with Crippen LogP contribution in [0.1, 0.15) is 127 Å². The second-order valence-electron chi connectivity index (χ2n) is 20.8. The van der Waals surface area contributed by atoms with Gasteiger partial charge in [-0.25, -0.2) is 9.59 Å². The first-order valence-corrected chi connectivity index (χ1v) is 22.4. The van der Waals surface area contributed by atoms with Gasteiger partial charge in [-0.2, -0.15) is 0 Å². The van der Waals surface area contributed by atoms with E-state index >= 15 is 0 Å². The molecule has 5 N–H and O–H groups in total. The normalized spacial score (nSPS) is 35.6. The summed E-state index contributed by atoms with van der Waals surface area (Å²) in [4.78, 5) is 51.0. The number of aliphatic hydroxyl groups is 1. The van der Waals surface area contributed by atoms with E-state index in [4.69, 9.17) is 9.84 Å². The molecule has 5 saturated carbocycles. The molecule has 7 rings (SSSR count). The maximum Gasteiger partial charge on any atom is 0.341 e. The second kappa shape index (κ2) is 16.3. The number of aliphatic carboxylic acids is 2. The Labute approximate surface area is 356 Å². The Kier molecular flexibility index (Phi) is 11.9. The van der Waals surface area contributed by atoms with Crippen molar-refractivity contribution in [2.45, 2.75) is 131 Å². The van der Waals surface area contributed by atoms with Crippen LogP contribution in [0.2, 0.25) is 0 Å². The number of hydrogen-bond donors (Lipinski definition) is 5. The Bertz CT molecular complexity index is 1990. The molecule has 10 nitrogen and oxygen atoms in total. The minimum atomic E-state index is -1.19. The Hall–Kier alpha value is -4.18. The van der Waals surface area contributed by atoms with Crippen molar-refractivity contribution in [2.24, 2.45) is 56.7 Å². The highest BCUT2D eigenvalue weighted by Crippen LogP contribution is 2.77. The number of allylic oxidation sites excluding steroid dienone is 1. The Morgan fingerprint density at radius 3 is 2.25 bits per heavy atom. The molecule has 2 aromatic rings. The molecule has 0 heterocycles. The van der Waals surface area contributed by atoms with Crippen LogP contribution in [0, 0.1) is 56.7 Å². The number of aliphatic hydroxyl groups excluding tert-OH is 1. The van der Waals surface area contributed by atoms with Gasteiger partial charge < -0.3 is 30.7 Å². The van der Waals surface area contributed by atoms with Crippen LogP contribution in [0.5, 0.6) is 5.75 Å². The summed E-state index contributed by atoms with van der Waals surface area (Å²) in [6.07, 6.45) is 10.8. The van der Waals surface area contributed by atoms with Gasteiger partial charge in [0.15, 0.2) is 6.61 Å². The van der Waals surface area contributed by atoms with Crippen LogP contribution in [0.3, 0.4) is 0 Å². The summed E-state index contributed by atoms with van der Waals surface area (Å²) in [7, 11) is 0. The van der Waals surface area contributed by atoms with Crippen LogP contribution in [0.15, 0.2) is 60.7 Å². The molecule has 0 aliphatic heterocycles. The van der Waals surface area contributed by atoms with Crippen molar-refractivity contribution in [1.82, 2.24) is 10.6 Å². The van der Waals surface area contributed by atoms with E-state index in [2.05, 4.69) is 58.8 Å². The second-order valence-corrected chi connectivity index (χ2v) is 20.8. The van der Waals surface area contributed by atoms with Gasteiger partial charge in [-0.05, 0) is 164 Å². The first-order chi connectivity index (χ1) is 28.3. The molecule has 2 aromatic carbocycles. The fourth-order valence-corrected chi connectivity index (χ4v) is 14.4. The van der Waals surface area contributed by atoms with Crippen molar-refractivity contribution in [3.8, 4) is 5.75 Å². The number of carbonyl (C=O) groups is 4. The van der Waals surface area contributed by atoms with Gasteiger partial charge in [-0.3, -0.25) is 9.59 Å². The maximum absolute atomic E-state index is 14.7. The molecule has 11 atom stereocenters. The molecule has 2 amide bonds. The number of benzene rings is 2. The Morgan fingerprint density at radius 2 is 1.57 bits per heavy atom. The molecule has 5 fully saturated rings. The molecule has 60 heavy (non-hydrogen) atoms. The molecule has 5 aliphatic rings. The lowest BCUT2D eigenvalue weighted by Gasteiger charge is -2.72. The highest BCUT2D eigenvalue weighted by atomic mass is 16.5. The molecule has 0 bridgehead atoms. The minimum absolute atomic E-state index is 0.0318. The summed E-state index contributed by atoms with van der Waals surface area (Å²) in [5.41, 5.74) is 3.01. The number of fused-ring (bicyclic) bond motifs is 7. The number of carboxylic acids is 2. The van der Waals surface area contributed by atoms with Gasteiger partial charge in [0.25, 0.3) is 5.91 Å². The van der Waals surface area contributed by atoms with Crippen molar-refractivity contribution in [1.29, 1.82) is 0 Å². The van der Waals surface area contributed by atoms with Crippen molar-refractivity contribution < 1.29 is 39.2 Å². The Balaban J connectivity index is 1.01. The van der Waals surface area contributed by atoms with E-state index in [0.717, 1.165) is 56.9 Å². The van der Waals surface area contributed by atoms with E-state index < -0.39 is 35.9 Å². The number of hydrogen-bond acceptors (Lipinski definition) is 6. The zero-order valence-electron chi connectivity index (χ0n) is 36.6. The fourth-order valence-electron chi connectivity index (χ4n) is 14.4. The molecular formula is C50H68N2O8. The lowest BCUT2D eigenvalue weighted by atomic mass is 9.32. The monoisotopic (exact) mass is 824 g/mol. The number of carboxylic acid groups (broad SMARTS) is 2. The van der Waals surface area contributed by atoms with Crippen LogP contribution < -0.4 is 15.4 Å². The molecule has 0 spiro atoms.